The molecule has 0 aromatic rings. The number of fused-ring (bicyclic) bond motifs is 3. The summed E-state index contributed by atoms with van der Waals surface area (Å²) < 4.78 is 0. The van der Waals surface area contributed by atoms with Crippen molar-refractivity contribution in [3.8, 4) is 0 Å². The molecule has 4 aliphatic carbocycles. The fourth-order valence-corrected chi connectivity index (χ4v) is 6.10. The number of allylic oxidation sites excluding steroid dienone is 3. The molecule has 0 aliphatic heterocycles. The SMILES string of the molecule is C=CCC[C@@H]1C2(C)C(C)CC3C=C3C12C1C[C@@H]1C. The summed E-state index contributed by atoms with van der Waals surface area (Å²) in [6.45, 7) is 11.5. The van der Waals surface area contributed by atoms with Crippen LogP contribution in [0.25, 0.3) is 0 Å². The molecule has 0 bridgehead atoms. The van der Waals surface area contributed by atoms with Gasteiger partial charge in [-0.15, -0.1) is 6.58 Å². The molecular weight excluding hydrogens is 216 g/mol. The van der Waals surface area contributed by atoms with E-state index < -0.39 is 0 Å². The van der Waals surface area contributed by atoms with E-state index in [9.17, 15) is 0 Å². The van der Waals surface area contributed by atoms with E-state index in [-0.39, 0.29) is 0 Å². The Balaban J connectivity index is 1.71. The average Bonchev–Trinajstić information content (AvgIpc) is 3.21. The lowest BCUT2D eigenvalue weighted by molar-refractivity contribution is 0.209. The van der Waals surface area contributed by atoms with Gasteiger partial charge in [-0.3, -0.25) is 0 Å². The van der Waals surface area contributed by atoms with Gasteiger partial charge in [-0.1, -0.05) is 38.5 Å². The molecule has 0 amide bonds. The maximum absolute atomic E-state index is 3.93. The van der Waals surface area contributed by atoms with Gasteiger partial charge in [0.15, 0.2) is 0 Å². The molecule has 3 saturated carbocycles. The third kappa shape index (κ3) is 1.02. The Morgan fingerprint density at radius 2 is 2.11 bits per heavy atom. The summed E-state index contributed by atoms with van der Waals surface area (Å²) in [4.78, 5) is 0. The minimum Gasteiger partial charge on any atom is -0.103 e. The first-order valence-electron chi connectivity index (χ1n) is 7.91. The fourth-order valence-electron chi connectivity index (χ4n) is 6.10. The van der Waals surface area contributed by atoms with Gasteiger partial charge in [-0.25, -0.2) is 0 Å². The molecule has 7 atom stereocenters. The molecule has 5 unspecified atom stereocenters. The van der Waals surface area contributed by atoms with Crippen LogP contribution in [0.4, 0.5) is 0 Å². The predicted molar refractivity (Wildman–Crippen MR) is 76.1 cm³/mol. The van der Waals surface area contributed by atoms with Crippen molar-refractivity contribution >= 4 is 0 Å². The summed E-state index contributed by atoms with van der Waals surface area (Å²) in [5.74, 6) is 4.82. The standard InChI is InChI=1S/C18H26/c1-5-6-7-16-17(4)12(3)9-13-10-15(13)18(16,17)14-8-11(14)2/h5,10-14,16H,1,6-9H2,2-4H3/t11-,12?,13?,14?,16+,17?,18?/m0/s1. The lowest BCUT2D eigenvalue weighted by Gasteiger charge is -2.32. The molecule has 0 aromatic carbocycles. The molecule has 3 fully saturated rings. The zero-order chi connectivity index (χ0) is 12.7. The first kappa shape index (κ1) is 11.3. The molecule has 0 nitrogen and oxygen atoms in total. The van der Waals surface area contributed by atoms with E-state index in [2.05, 4.69) is 39.5 Å². The second-order valence-corrected chi connectivity index (χ2v) is 7.76. The average molecular weight is 242 g/mol. The maximum Gasteiger partial charge on any atom is 0.00420 e. The molecule has 18 heavy (non-hydrogen) atoms. The van der Waals surface area contributed by atoms with Crippen LogP contribution in [-0.2, 0) is 0 Å². The predicted octanol–water partition coefficient (Wildman–Crippen LogP) is 4.83. The van der Waals surface area contributed by atoms with Crippen molar-refractivity contribution in [2.45, 2.75) is 46.5 Å². The van der Waals surface area contributed by atoms with Crippen molar-refractivity contribution in [2.24, 2.45) is 40.4 Å². The van der Waals surface area contributed by atoms with Crippen molar-refractivity contribution < 1.29 is 0 Å². The van der Waals surface area contributed by atoms with Crippen LogP contribution in [0.15, 0.2) is 24.3 Å². The van der Waals surface area contributed by atoms with Gasteiger partial charge >= 0.3 is 0 Å². The van der Waals surface area contributed by atoms with E-state index >= 15 is 0 Å². The Morgan fingerprint density at radius 3 is 2.72 bits per heavy atom. The minimum absolute atomic E-state index is 0.629. The zero-order valence-corrected chi connectivity index (χ0v) is 12.1. The van der Waals surface area contributed by atoms with Gasteiger partial charge in [-0.05, 0) is 60.7 Å². The highest BCUT2D eigenvalue weighted by Gasteiger charge is 2.84. The molecule has 0 heteroatoms. The van der Waals surface area contributed by atoms with E-state index in [4.69, 9.17) is 0 Å². The number of hydrogen-bond donors (Lipinski definition) is 0. The van der Waals surface area contributed by atoms with Crippen LogP contribution in [0.3, 0.4) is 0 Å². The Morgan fingerprint density at radius 1 is 1.39 bits per heavy atom. The molecule has 0 radical (unpaired) electrons. The van der Waals surface area contributed by atoms with Crippen molar-refractivity contribution in [1.82, 2.24) is 0 Å². The molecule has 0 saturated heterocycles. The van der Waals surface area contributed by atoms with Crippen LogP contribution in [0.5, 0.6) is 0 Å². The quantitative estimate of drug-likeness (QED) is 0.620. The minimum atomic E-state index is 0.629. The van der Waals surface area contributed by atoms with Crippen LogP contribution in [0, 0.1) is 40.4 Å². The summed E-state index contributed by atoms with van der Waals surface area (Å²) in [7, 11) is 0. The fraction of sp³-hybridized carbons (Fsp3) is 0.778. The Kier molecular flexibility index (Phi) is 1.97. The lowest BCUT2D eigenvalue weighted by Crippen LogP contribution is -2.26. The van der Waals surface area contributed by atoms with Crippen molar-refractivity contribution in [3.63, 3.8) is 0 Å². The summed E-state index contributed by atoms with van der Waals surface area (Å²) in [6, 6.07) is 0. The van der Waals surface area contributed by atoms with Crippen molar-refractivity contribution in [3.05, 3.63) is 24.3 Å². The zero-order valence-electron chi connectivity index (χ0n) is 12.1. The van der Waals surface area contributed by atoms with Gasteiger partial charge < -0.3 is 0 Å². The van der Waals surface area contributed by atoms with Crippen molar-refractivity contribution in [1.29, 1.82) is 0 Å². The van der Waals surface area contributed by atoms with E-state index in [1.165, 1.54) is 25.7 Å². The first-order valence-corrected chi connectivity index (χ1v) is 7.91. The largest absolute Gasteiger partial charge is 0.103 e. The molecule has 98 valence electrons. The second kappa shape index (κ2) is 3.14. The molecule has 0 N–H and O–H groups in total. The summed E-state index contributed by atoms with van der Waals surface area (Å²) in [6.07, 6.45) is 10.3. The monoisotopic (exact) mass is 242 g/mol. The van der Waals surface area contributed by atoms with Gasteiger partial charge in [0.2, 0.25) is 0 Å². The smallest absolute Gasteiger partial charge is 0.00420 e. The van der Waals surface area contributed by atoms with Gasteiger partial charge in [0.25, 0.3) is 0 Å². The Labute approximate surface area is 112 Å². The van der Waals surface area contributed by atoms with Crippen LogP contribution >= 0.6 is 0 Å². The summed E-state index contributed by atoms with van der Waals surface area (Å²) in [5, 5.41) is 0. The first-order chi connectivity index (χ1) is 8.58. The highest BCUT2D eigenvalue weighted by Crippen LogP contribution is 2.89. The topological polar surface area (TPSA) is 0 Å². The maximum atomic E-state index is 3.93. The molecule has 0 heterocycles. The normalized spacial score (nSPS) is 59.3. The van der Waals surface area contributed by atoms with Crippen LogP contribution < -0.4 is 0 Å². The molecular formula is C18H26. The van der Waals surface area contributed by atoms with Gasteiger partial charge in [0.1, 0.15) is 0 Å². The summed E-state index contributed by atoms with van der Waals surface area (Å²) in [5.41, 5.74) is 3.17. The van der Waals surface area contributed by atoms with Crippen LogP contribution in [0.1, 0.15) is 46.5 Å². The molecule has 0 spiro atoms. The summed E-state index contributed by atoms with van der Waals surface area (Å²) >= 11 is 0. The lowest BCUT2D eigenvalue weighted by atomic mass is 9.71. The highest BCUT2D eigenvalue weighted by molar-refractivity contribution is 5.52. The van der Waals surface area contributed by atoms with Gasteiger partial charge in [0.05, 0.1) is 0 Å². The third-order valence-corrected chi connectivity index (χ3v) is 7.22. The molecule has 0 aromatic heterocycles. The van der Waals surface area contributed by atoms with Crippen LogP contribution in [-0.4, -0.2) is 0 Å². The van der Waals surface area contributed by atoms with E-state index in [1.807, 2.05) is 5.57 Å². The molecule has 4 rings (SSSR count). The van der Waals surface area contributed by atoms with Crippen LogP contribution in [0.2, 0.25) is 0 Å². The Hall–Kier alpha value is -0.520. The molecule has 4 aliphatic rings. The van der Waals surface area contributed by atoms with Crippen molar-refractivity contribution in [2.75, 3.05) is 0 Å². The van der Waals surface area contributed by atoms with E-state index in [1.54, 1.807) is 0 Å². The number of rotatable bonds is 4. The number of hydrogen-bond acceptors (Lipinski definition) is 0. The second-order valence-electron chi connectivity index (χ2n) is 7.76. The van der Waals surface area contributed by atoms with E-state index in [0.717, 1.165) is 29.6 Å². The Bertz CT molecular complexity index is 445. The van der Waals surface area contributed by atoms with E-state index in [0.29, 0.717) is 10.8 Å². The third-order valence-electron chi connectivity index (χ3n) is 7.22. The highest BCUT2D eigenvalue weighted by atomic mass is 14.9. The van der Waals surface area contributed by atoms with Gasteiger partial charge in [-0.2, -0.15) is 0 Å². The van der Waals surface area contributed by atoms with Gasteiger partial charge in [0, 0.05) is 5.41 Å².